The predicted molar refractivity (Wildman–Crippen MR) is 62.5 cm³/mol. The third-order valence-corrected chi connectivity index (χ3v) is 3.13. The average molecular weight is 224 g/mol. The van der Waals surface area contributed by atoms with Crippen molar-refractivity contribution in [2.75, 3.05) is 6.54 Å². The summed E-state index contributed by atoms with van der Waals surface area (Å²) in [6.07, 6.45) is 2.45. The van der Waals surface area contributed by atoms with Crippen LogP contribution in [0.2, 0.25) is 0 Å². The van der Waals surface area contributed by atoms with Crippen LogP contribution in [-0.4, -0.2) is 22.2 Å². The summed E-state index contributed by atoms with van der Waals surface area (Å²) in [4.78, 5) is 11.9. The summed E-state index contributed by atoms with van der Waals surface area (Å²) in [5.74, 6) is -0.00120. The van der Waals surface area contributed by atoms with E-state index in [4.69, 9.17) is 5.73 Å². The van der Waals surface area contributed by atoms with E-state index in [9.17, 15) is 4.79 Å². The second-order valence-corrected chi connectivity index (χ2v) is 4.25. The Morgan fingerprint density at radius 2 is 2.38 bits per heavy atom. The third-order valence-electron chi connectivity index (χ3n) is 3.13. The van der Waals surface area contributed by atoms with Gasteiger partial charge in [0.1, 0.15) is 0 Å². The maximum Gasteiger partial charge on any atom is 0.227 e. The number of aryl methyl sites for hydroxylation is 1. The molecular weight excluding hydrogens is 204 g/mol. The standard InChI is InChI=1S/C11H20N4O/c1-4-11(2,8-12)10(16)13-7-9-5-6-14-15(9)3/h5-6H,4,7-8,12H2,1-3H3,(H,13,16). The van der Waals surface area contributed by atoms with Crippen LogP contribution in [0.15, 0.2) is 12.3 Å². The van der Waals surface area contributed by atoms with Crippen molar-refractivity contribution in [1.29, 1.82) is 0 Å². The van der Waals surface area contributed by atoms with Gasteiger partial charge in [0.25, 0.3) is 0 Å². The lowest BCUT2D eigenvalue weighted by Crippen LogP contribution is -2.43. The molecular formula is C11H20N4O. The predicted octanol–water partition coefficient (Wildman–Crippen LogP) is 0.411. The molecule has 1 atom stereocenters. The van der Waals surface area contributed by atoms with Crippen LogP contribution < -0.4 is 11.1 Å². The van der Waals surface area contributed by atoms with Crippen LogP contribution >= 0.6 is 0 Å². The molecule has 0 saturated heterocycles. The highest BCUT2D eigenvalue weighted by Crippen LogP contribution is 2.19. The fourth-order valence-corrected chi connectivity index (χ4v) is 1.36. The molecule has 5 nitrogen and oxygen atoms in total. The van der Waals surface area contributed by atoms with Gasteiger partial charge in [0.05, 0.1) is 17.7 Å². The van der Waals surface area contributed by atoms with Gasteiger partial charge in [-0.3, -0.25) is 9.48 Å². The van der Waals surface area contributed by atoms with E-state index in [1.807, 2.05) is 27.0 Å². The summed E-state index contributed by atoms with van der Waals surface area (Å²) in [6, 6.07) is 1.88. The Morgan fingerprint density at radius 1 is 1.69 bits per heavy atom. The number of nitrogens with zero attached hydrogens (tertiary/aromatic N) is 2. The van der Waals surface area contributed by atoms with Gasteiger partial charge in [0.15, 0.2) is 0 Å². The van der Waals surface area contributed by atoms with Gasteiger partial charge in [-0.2, -0.15) is 5.10 Å². The van der Waals surface area contributed by atoms with E-state index in [-0.39, 0.29) is 5.91 Å². The highest BCUT2D eigenvalue weighted by molar-refractivity contribution is 5.82. The number of carbonyl (C=O) groups excluding carboxylic acids is 1. The Balaban J connectivity index is 2.56. The van der Waals surface area contributed by atoms with Crippen LogP contribution in [0.3, 0.4) is 0 Å². The van der Waals surface area contributed by atoms with E-state index >= 15 is 0 Å². The summed E-state index contributed by atoms with van der Waals surface area (Å²) in [5, 5.41) is 6.93. The number of nitrogens with one attached hydrogen (secondary N) is 1. The lowest BCUT2D eigenvalue weighted by molar-refractivity contribution is -0.130. The van der Waals surface area contributed by atoms with E-state index in [1.54, 1.807) is 10.9 Å². The van der Waals surface area contributed by atoms with Crippen LogP contribution in [0.1, 0.15) is 26.0 Å². The van der Waals surface area contributed by atoms with Crippen molar-refractivity contribution in [1.82, 2.24) is 15.1 Å². The third kappa shape index (κ3) is 2.61. The normalized spacial score (nSPS) is 14.5. The van der Waals surface area contributed by atoms with E-state index < -0.39 is 5.41 Å². The van der Waals surface area contributed by atoms with Gasteiger partial charge in [0, 0.05) is 19.8 Å². The van der Waals surface area contributed by atoms with Crippen molar-refractivity contribution in [3.63, 3.8) is 0 Å². The molecule has 0 aliphatic rings. The van der Waals surface area contributed by atoms with Crippen LogP contribution in [0.25, 0.3) is 0 Å². The van der Waals surface area contributed by atoms with Crippen molar-refractivity contribution < 1.29 is 4.79 Å². The molecule has 0 aliphatic heterocycles. The Morgan fingerprint density at radius 3 is 2.81 bits per heavy atom. The number of amides is 1. The fourth-order valence-electron chi connectivity index (χ4n) is 1.36. The monoisotopic (exact) mass is 224 g/mol. The van der Waals surface area contributed by atoms with Gasteiger partial charge in [0.2, 0.25) is 5.91 Å². The zero-order chi connectivity index (χ0) is 12.2. The largest absolute Gasteiger partial charge is 0.350 e. The Labute approximate surface area is 96.0 Å². The summed E-state index contributed by atoms with van der Waals surface area (Å²) in [7, 11) is 1.85. The molecule has 0 bridgehead atoms. The van der Waals surface area contributed by atoms with Gasteiger partial charge < -0.3 is 11.1 Å². The van der Waals surface area contributed by atoms with Gasteiger partial charge in [-0.05, 0) is 19.4 Å². The molecule has 0 aromatic carbocycles. The quantitative estimate of drug-likeness (QED) is 0.761. The van der Waals surface area contributed by atoms with E-state index in [2.05, 4.69) is 10.4 Å². The lowest BCUT2D eigenvalue weighted by atomic mass is 9.87. The first-order valence-corrected chi connectivity index (χ1v) is 5.48. The zero-order valence-corrected chi connectivity index (χ0v) is 10.2. The van der Waals surface area contributed by atoms with Crippen LogP contribution in [0.5, 0.6) is 0 Å². The first kappa shape index (κ1) is 12.7. The number of aromatic nitrogens is 2. The summed E-state index contributed by atoms with van der Waals surface area (Å²) < 4.78 is 1.74. The molecule has 5 heteroatoms. The van der Waals surface area contributed by atoms with Gasteiger partial charge in [-0.15, -0.1) is 0 Å². The molecule has 1 unspecified atom stereocenters. The lowest BCUT2D eigenvalue weighted by Gasteiger charge is -2.24. The maximum atomic E-state index is 11.9. The molecule has 90 valence electrons. The smallest absolute Gasteiger partial charge is 0.227 e. The zero-order valence-electron chi connectivity index (χ0n) is 10.2. The Kier molecular flexibility index (Phi) is 4.06. The number of rotatable bonds is 5. The molecule has 0 aliphatic carbocycles. The van der Waals surface area contributed by atoms with Gasteiger partial charge in [-0.25, -0.2) is 0 Å². The highest BCUT2D eigenvalue weighted by Gasteiger charge is 2.29. The van der Waals surface area contributed by atoms with Crippen LogP contribution in [0, 0.1) is 5.41 Å². The molecule has 0 spiro atoms. The molecule has 1 rings (SSSR count). The van der Waals surface area contributed by atoms with Gasteiger partial charge >= 0.3 is 0 Å². The minimum absolute atomic E-state index is 0.00120. The summed E-state index contributed by atoms with van der Waals surface area (Å²) in [5.41, 5.74) is 6.12. The van der Waals surface area contributed by atoms with Gasteiger partial charge in [-0.1, -0.05) is 6.92 Å². The fraction of sp³-hybridized carbons (Fsp3) is 0.636. The molecule has 1 aromatic heterocycles. The minimum atomic E-state index is -0.474. The highest BCUT2D eigenvalue weighted by atomic mass is 16.2. The SMILES string of the molecule is CCC(C)(CN)C(=O)NCc1ccnn1C. The van der Waals surface area contributed by atoms with Crippen molar-refractivity contribution in [3.8, 4) is 0 Å². The minimum Gasteiger partial charge on any atom is -0.350 e. The summed E-state index contributed by atoms with van der Waals surface area (Å²) >= 11 is 0. The van der Waals surface area contributed by atoms with Crippen LogP contribution in [0.4, 0.5) is 0 Å². The maximum absolute atomic E-state index is 11.9. The summed E-state index contributed by atoms with van der Waals surface area (Å²) in [6.45, 7) is 4.70. The van der Waals surface area contributed by atoms with Crippen molar-refractivity contribution in [2.45, 2.75) is 26.8 Å². The second kappa shape index (κ2) is 5.12. The van der Waals surface area contributed by atoms with E-state index in [0.717, 1.165) is 12.1 Å². The number of carbonyl (C=O) groups is 1. The molecule has 0 fully saturated rings. The average Bonchev–Trinajstić information content (AvgIpc) is 2.70. The molecule has 0 radical (unpaired) electrons. The number of hydrogen-bond acceptors (Lipinski definition) is 3. The molecule has 3 N–H and O–H groups in total. The topological polar surface area (TPSA) is 72.9 Å². The van der Waals surface area contributed by atoms with Crippen molar-refractivity contribution in [2.24, 2.45) is 18.2 Å². The second-order valence-electron chi connectivity index (χ2n) is 4.25. The molecule has 0 saturated carbocycles. The first-order chi connectivity index (χ1) is 7.53. The molecule has 1 amide bonds. The number of hydrogen-bond donors (Lipinski definition) is 2. The molecule has 1 heterocycles. The van der Waals surface area contributed by atoms with E-state index in [0.29, 0.717) is 13.1 Å². The van der Waals surface area contributed by atoms with Crippen LogP contribution in [-0.2, 0) is 18.4 Å². The molecule has 16 heavy (non-hydrogen) atoms. The van der Waals surface area contributed by atoms with Crippen molar-refractivity contribution in [3.05, 3.63) is 18.0 Å². The molecule has 1 aromatic rings. The van der Waals surface area contributed by atoms with E-state index in [1.165, 1.54) is 0 Å². The Hall–Kier alpha value is -1.36. The number of nitrogens with two attached hydrogens (primary N) is 1. The Bertz CT molecular complexity index is 355. The first-order valence-electron chi connectivity index (χ1n) is 5.48. The van der Waals surface area contributed by atoms with Crippen molar-refractivity contribution >= 4 is 5.91 Å².